The SMILES string of the molecule is C=CCC(CC=C)O[Si](C#CCOC)(c1ccccc1)c1ccccc1. The van der Waals surface area contributed by atoms with Gasteiger partial charge in [-0.25, -0.2) is 0 Å². The number of hydrogen-bond acceptors (Lipinski definition) is 2. The van der Waals surface area contributed by atoms with Gasteiger partial charge in [0.2, 0.25) is 0 Å². The molecule has 0 fully saturated rings. The van der Waals surface area contributed by atoms with Crippen molar-refractivity contribution in [3.63, 3.8) is 0 Å². The third-order valence-electron chi connectivity index (χ3n) is 4.04. The predicted molar refractivity (Wildman–Crippen MR) is 112 cm³/mol. The van der Waals surface area contributed by atoms with Crippen LogP contribution in [-0.4, -0.2) is 28.1 Å². The third kappa shape index (κ3) is 5.06. The number of ether oxygens (including phenoxy) is 1. The van der Waals surface area contributed by atoms with E-state index >= 15 is 0 Å². The smallest absolute Gasteiger partial charge is 0.337 e. The maximum absolute atomic E-state index is 6.80. The highest BCUT2D eigenvalue weighted by Gasteiger charge is 2.40. The van der Waals surface area contributed by atoms with Crippen molar-refractivity contribution in [3.8, 4) is 11.5 Å². The fourth-order valence-corrected chi connectivity index (χ4v) is 6.16. The predicted octanol–water partition coefficient (Wildman–Crippen LogP) is 3.47. The van der Waals surface area contributed by atoms with E-state index in [1.807, 2.05) is 48.6 Å². The topological polar surface area (TPSA) is 18.5 Å². The molecule has 0 amide bonds. The summed E-state index contributed by atoms with van der Waals surface area (Å²) in [6.45, 7) is 8.14. The molecule has 0 aromatic heterocycles. The van der Waals surface area contributed by atoms with Crippen LogP contribution in [0.25, 0.3) is 0 Å². The molecule has 0 radical (unpaired) electrons. The van der Waals surface area contributed by atoms with Gasteiger partial charge in [-0.05, 0) is 23.2 Å². The minimum atomic E-state index is -2.76. The lowest BCUT2D eigenvalue weighted by Gasteiger charge is -2.31. The van der Waals surface area contributed by atoms with Crippen molar-refractivity contribution in [2.24, 2.45) is 0 Å². The normalized spacial score (nSPS) is 10.8. The van der Waals surface area contributed by atoms with Crippen molar-refractivity contribution >= 4 is 18.7 Å². The largest absolute Gasteiger partial charge is 0.395 e. The Bertz CT molecular complexity index is 695. The van der Waals surface area contributed by atoms with E-state index in [-0.39, 0.29) is 6.10 Å². The van der Waals surface area contributed by atoms with Crippen molar-refractivity contribution in [2.45, 2.75) is 18.9 Å². The van der Waals surface area contributed by atoms with E-state index in [1.165, 1.54) is 0 Å². The van der Waals surface area contributed by atoms with E-state index in [0.29, 0.717) is 6.61 Å². The summed E-state index contributed by atoms with van der Waals surface area (Å²) >= 11 is 0. The van der Waals surface area contributed by atoms with Crippen LogP contribution in [0, 0.1) is 11.5 Å². The molecule has 0 unspecified atom stereocenters. The zero-order valence-electron chi connectivity index (χ0n) is 15.4. The number of rotatable bonds is 9. The Morgan fingerprint density at radius 3 is 1.85 bits per heavy atom. The second-order valence-electron chi connectivity index (χ2n) is 5.94. The van der Waals surface area contributed by atoms with Gasteiger partial charge in [-0.15, -0.1) is 13.2 Å². The molecule has 0 N–H and O–H groups in total. The number of benzene rings is 2. The Kier molecular flexibility index (Phi) is 8.11. The van der Waals surface area contributed by atoms with Gasteiger partial charge in [-0.1, -0.05) is 84.3 Å². The molecule has 0 bridgehead atoms. The summed E-state index contributed by atoms with van der Waals surface area (Å²) < 4.78 is 12.0. The molecule has 0 saturated heterocycles. The quantitative estimate of drug-likeness (QED) is 0.386. The summed E-state index contributed by atoms with van der Waals surface area (Å²) in [7, 11) is -1.10. The van der Waals surface area contributed by atoms with Crippen LogP contribution in [0.5, 0.6) is 0 Å². The first-order valence-corrected chi connectivity index (χ1v) is 10.7. The minimum Gasteiger partial charge on any atom is -0.395 e. The maximum atomic E-state index is 6.80. The van der Waals surface area contributed by atoms with E-state index in [4.69, 9.17) is 9.16 Å². The van der Waals surface area contributed by atoms with E-state index < -0.39 is 8.32 Å². The van der Waals surface area contributed by atoms with Crippen molar-refractivity contribution in [1.29, 1.82) is 0 Å². The Morgan fingerprint density at radius 1 is 0.923 bits per heavy atom. The highest BCUT2D eigenvalue weighted by molar-refractivity contribution is 7.03. The molecule has 2 rings (SSSR count). The Balaban J connectivity index is 2.61. The molecule has 2 aromatic carbocycles. The van der Waals surface area contributed by atoms with Crippen molar-refractivity contribution in [2.75, 3.05) is 13.7 Å². The Labute approximate surface area is 158 Å². The van der Waals surface area contributed by atoms with Crippen molar-refractivity contribution in [1.82, 2.24) is 0 Å². The van der Waals surface area contributed by atoms with Gasteiger partial charge < -0.3 is 9.16 Å². The Morgan fingerprint density at radius 2 is 1.42 bits per heavy atom. The molecule has 0 aliphatic carbocycles. The lowest BCUT2D eigenvalue weighted by Crippen LogP contribution is -2.61. The van der Waals surface area contributed by atoms with Crippen molar-refractivity contribution in [3.05, 3.63) is 86.0 Å². The van der Waals surface area contributed by atoms with Crippen LogP contribution in [-0.2, 0) is 9.16 Å². The molecule has 0 heterocycles. The first kappa shape index (κ1) is 19.9. The van der Waals surface area contributed by atoms with E-state index in [2.05, 4.69) is 48.9 Å². The maximum Gasteiger partial charge on any atom is 0.337 e. The van der Waals surface area contributed by atoms with E-state index in [9.17, 15) is 0 Å². The van der Waals surface area contributed by atoms with Gasteiger partial charge in [-0.3, -0.25) is 0 Å². The van der Waals surface area contributed by atoms with E-state index in [0.717, 1.165) is 23.2 Å². The average molecular weight is 363 g/mol. The van der Waals surface area contributed by atoms with Gasteiger partial charge in [0, 0.05) is 7.11 Å². The second kappa shape index (κ2) is 10.6. The summed E-state index contributed by atoms with van der Waals surface area (Å²) in [6.07, 6.45) is 5.30. The van der Waals surface area contributed by atoms with E-state index in [1.54, 1.807) is 7.11 Å². The molecule has 3 heteroatoms. The van der Waals surface area contributed by atoms with Crippen LogP contribution in [0.1, 0.15) is 12.8 Å². The molecule has 0 saturated carbocycles. The molecule has 0 aliphatic heterocycles. The summed E-state index contributed by atoms with van der Waals surface area (Å²) in [5, 5.41) is 2.26. The lowest BCUT2D eigenvalue weighted by atomic mass is 10.2. The monoisotopic (exact) mass is 362 g/mol. The molecule has 0 aliphatic rings. The Hall–Kier alpha value is -2.38. The van der Waals surface area contributed by atoms with Gasteiger partial charge in [0.25, 0.3) is 0 Å². The molecule has 0 atom stereocenters. The van der Waals surface area contributed by atoms with Crippen LogP contribution < -0.4 is 10.4 Å². The minimum absolute atomic E-state index is 0.00563. The third-order valence-corrected chi connectivity index (χ3v) is 7.55. The molecule has 0 spiro atoms. The standard InChI is InChI=1S/C23H26O2Si/c1-4-13-21(14-5-2)25-26(20-12-19-24-3,22-15-8-6-9-16-22)23-17-10-7-11-18-23/h4-11,15-18,21H,1-2,13-14,19H2,3H3. The first-order chi connectivity index (χ1) is 12.8. The lowest BCUT2D eigenvalue weighted by molar-refractivity contribution is 0.210. The zero-order chi connectivity index (χ0) is 18.7. The molecule has 134 valence electrons. The molecular weight excluding hydrogens is 336 g/mol. The van der Waals surface area contributed by atoms with Gasteiger partial charge in [0.15, 0.2) is 0 Å². The molecule has 2 aromatic rings. The van der Waals surface area contributed by atoms with Gasteiger partial charge in [-0.2, -0.15) is 0 Å². The fraction of sp³-hybridized carbons (Fsp3) is 0.217. The fourth-order valence-electron chi connectivity index (χ4n) is 2.87. The van der Waals surface area contributed by atoms with Gasteiger partial charge >= 0.3 is 8.32 Å². The number of methoxy groups -OCH3 is 1. The summed E-state index contributed by atoms with van der Waals surface area (Å²) in [5.41, 5.74) is 3.49. The molecule has 26 heavy (non-hydrogen) atoms. The van der Waals surface area contributed by atoms with Crippen LogP contribution >= 0.6 is 0 Å². The molecular formula is C23H26O2Si. The van der Waals surface area contributed by atoms with Crippen molar-refractivity contribution < 1.29 is 9.16 Å². The van der Waals surface area contributed by atoms with Crippen LogP contribution in [0.2, 0.25) is 0 Å². The van der Waals surface area contributed by atoms with Crippen LogP contribution in [0.4, 0.5) is 0 Å². The van der Waals surface area contributed by atoms with Gasteiger partial charge in [0.05, 0.1) is 6.10 Å². The summed E-state index contributed by atoms with van der Waals surface area (Å²) in [6, 6.07) is 20.6. The highest BCUT2D eigenvalue weighted by atomic mass is 28.4. The molecule has 2 nitrogen and oxygen atoms in total. The van der Waals surface area contributed by atoms with Crippen LogP contribution in [0.3, 0.4) is 0 Å². The second-order valence-corrected chi connectivity index (χ2v) is 8.94. The van der Waals surface area contributed by atoms with Gasteiger partial charge in [0.1, 0.15) is 6.61 Å². The first-order valence-electron chi connectivity index (χ1n) is 8.76. The van der Waals surface area contributed by atoms with Crippen LogP contribution in [0.15, 0.2) is 86.0 Å². The summed E-state index contributed by atoms with van der Waals surface area (Å²) in [5.74, 6) is 3.18. The number of hydrogen-bond donors (Lipinski definition) is 0. The average Bonchev–Trinajstić information content (AvgIpc) is 2.69. The highest BCUT2D eigenvalue weighted by Crippen LogP contribution is 2.15. The zero-order valence-corrected chi connectivity index (χ0v) is 16.4. The summed E-state index contributed by atoms with van der Waals surface area (Å²) in [4.78, 5) is 0.